The van der Waals surface area contributed by atoms with Crippen molar-refractivity contribution in [1.82, 2.24) is 14.9 Å². The Morgan fingerprint density at radius 3 is 2.20 bits per heavy atom. The van der Waals surface area contributed by atoms with Gasteiger partial charge in [-0.25, -0.2) is 9.97 Å². The van der Waals surface area contributed by atoms with Crippen molar-refractivity contribution in [3.8, 4) is 0 Å². The van der Waals surface area contributed by atoms with Gasteiger partial charge in [-0.15, -0.1) is 0 Å². The highest BCUT2D eigenvalue weighted by molar-refractivity contribution is 5.41. The number of piperazine rings is 1. The van der Waals surface area contributed by atoms with Crippen LogP contribution in [-0.2, 0) is 16.8 Å². The third-order valence-corrected chi connectivity index (χ3v) is 4.39. The van der Waals surface area contributed by atoms with Crippen molar-refractivity contribution >= 4 is 5.82 Å². The van der Waals surface area contributed by atoms with E-state index in [9.17, 15) is 13.2 Å². The Hall–Kier alpha value is -1.41. The van der Waals surface area contributed by atoms with Crippen molar-refractivity contribution in [2.24, 2.45) is 0 Å². The average Bonchev–Trinajstić information content (AvgIpc) is 2.52. The first-order valence-electron chi connectivity index (χ1n) is 8.45. The van der Waals surface area contributed by atoms with Crippen molar-refractivity contribution in [3.63, 3.8) is 0 Å². The molecule has 0 bridgehead atoms. The molecule has 0 aliphatic carbocycles. The normalized spacial score (nSPS) is 18.5. The van der Waals surface area contributed by atoms with Crippen molar-refractivity contribution < 1.29 is 17.9 Å². The Balaban J connectivity index is 2.16. The summed E-state index contributed by atoms with van der Waals surface area (Å²) in [6, 6.07) is 0.441. The number of alkyl halides is 3. The van der Waals surface area contributed by atoms with Crippen LogP contribution in [0.2, 0.25) is 0 Å². The van der Waals surface area contributed by atoms with E-state index in [1.54, 1.807) is 7.11 Å². The van der Waals surface area contributed by atoms with E-state index in [1.165, 1.54) is 11.8 Å². The first-order chi connectivity index (χ1) is 11.5. The summed E-state index contributed by atoms with van der Waals surface area (Å²) in [6.07, 6.45) is -4.19. The molecule has 1 aromatic heterocycles. The molecule has 1 unspecified atom stereocenters. The van der Waals surface area contributed by atoms with E-state index in [1.807, 2.05) is 31.7 Å². The summed E-state index contributed by atoms with van der Waals surface area (Å²) in [5, 5.41) is 0. The lowest BCUT2D eigenvalue weighted by Gasteiger charge is -2.39. The molecule has 1 aliphatic rings. The molecule has 25 heavy (non-hydrogen) atoms. The van der Waals surface area contributed by atoms with Crippen LogP contribution >= 0.6 is 0 Å². The number of ether oxygens (including phenoxy) is 1. The third-order valence-electron chi connectivity index (χ3n) is 4.39. The van der Waals surface area contributed by atoms with Gasteiger partial charge in [0.25, 0.3) is 0 Å². The van der Waals surface area contributed by atoms with Crippen LogP contribution in [0.3, 0.4) is 0 Å². The van der Waals surface area contributed by atoms with E-state index < -0.39 is 12.2 Å². The molecule has 0 amide bonds. The molecule has 0 saturated carbocycles. The van der Waals surface area contributed by atoms with Gasteiger partial charge in [0.15, 0.2) is 0 Å². The minimum absolute atomic E-state index is 0.217. The van der Waals surface area contributed by atoms with Crippen LogP contribution in [-0.4, -0.2) is 60.4 Å². The van der Waals surface area contributed by atoms with Gasteiger partial charge in [0.05, 0.1) is 12.3 Å². The maximum absolute atomic E-state index is 12.9. The van der Waals surface area contributed by atoms with Crippen LogP contribution in [0.5, 0.6) is 0 Å². The molecule has 1 saturated heterocycles. The van der Waals surface area contributed by atoms with Crippen LogP contribution in [0, 0.1) is 0 Å². The Kier molecular flexibility index (Phi) is 5.93. The first kappa shape index (κ1) is 19.9. The standard InChI is InChI=1S/C17H27F3N4O/c1-12(17(18,19)20)23-6-8-24(9-7-23)14-10-13(11-25-5)21-15(22-14)16(2,3)4/h10,12H,6-9,11H2,1-5H3. The quantitative estimate of drug-likeness (QED) is 0.826. The van der Waals surface area contributed by atoms with Gasteiger partial charge >= 0.3 is 6.18 Å². The molecule has 1 fully saturated rings. The van der Waals surface area contributed by atoms with E-state index in [0.717, 1.165) is 11.5 Å². The van der Waals surface area contributed by atoms with Crippen molar-refractivity contribution in [3.05, 3.63) is 17.6 Å². The van der Waals surface area contributed by atoms with Crippen LogP contribution in [0.4, 0.5) is 19.0 Å². The lowest BCUT2D eigenvalue weighted by Crippen LogP contribution is -2.54. The van der Waals surface area contributed by atoms with Crippen molar-refractivity contribution in [2.45, 2.75) is 51.9 Å². The van der Waals surface area contributed by atoms with Gasteiger partial charge in [-0.05, 0) is 6.92 Å². The molecule has 142 valence electrons. The summed E-state index contributed by atoms with van der Waals surface area (Å²) in [4.78, 5) is 12.7. The van der Waals surface area contributed by atoms with Gasteiger partial charge in [0.1, 0.15) is 17.7 Å². The molecule has 0 radical (unpaired) electrons. The molecule has 1 aromatic rings. The number of halogens is 3. The first-order valence-corrected chi connectivity index (χ1v) is 8.45. The largest absolute Gasteiger partial charge is 0.403 e. The molecule has 8 heteroatoms. The van der Waals surface area contributed by atoms with E-state index >= 15 is 0 Å². The van der Waals surface area contributed by atoms with Gasteiger partial charge in [-0.1, -0.05) is 20.8 Å². The Bertz CT molecular complexity index is 578. The molecule has 2 rings (SSSR count). The lowest BCUT2D eigenvalue weighted by molar-refractivity contribution is -0.179. The summed E-state index contributed by atoms with van der Waals surface area (Å²) >= 11 is 0. The highest BCUT2D eigenvalue weighted by atomic mass is 19.4. The van der Waals surface area contributed by atoms with Crippen LogP contribution < -0.4 is 4.90 Å². The number of anilines is 1. The van der Waals surface area contributed by atoms with Gasteiger partial charge < -0.3 is 9.64 Å². The predicted octanol–water partition coefficient (Wildman–Crippen LogP) is 2.99. The molecule has 0 aromatic carbocycles. The number of hydrogen-bond acceptors (Lipinski definition) is 5. The Labute approximate surface area is 147 Å². The molecule has 0 N–H and O–H groups in total. The zero-order valence-electron chi connectivity index (χ0n) is 15.5. The summed E-state index contributed by atoms with van der Waals surface area (Å²) in [6.45, 7) is 9.42. The maximum Gasteiger partial charge on any atom is 0.403 e. The summed E-state index contributed by atoms with van der Waals surface area (Å²) < 4.78 is 43.8. The second-order valence-electron chi connectivity index (χ2n) is 7.46. The minimum atomic E-state index is -4.19. The smallest absolute Gasteiger partial charge is 0.378 e. The molecule has 5 nitrogen and oxygen atoms in total. The zero-order valence-corrected chi connectivity index (χ0v) is 15.5. The molecular weight excluding hydrogens is 333 g/mol. The van der Waals surface area contributed by atoms with Crippen molar-refractivity contribution in [2.75, 3.05) is 38.2 Å². The van der Waals surface area contributed by atoms with E-state index in [-0.39, 0.29) is 5.41 Å². The van der Waals surface area contributed by atoms with Crippen molar-refractivity contribution in [1.29, 1.82) is 0 Å². The predicted molar refractivity (Wildman–Crippen MR) is 90.7 cm³/mol. The second-order valence-corrected chi connectivity index (χ2v) is 7.46. The van der Waals surface area contributed by atoms with Gasteiger partial charge in [-0.2, -0.15) is 13.2 Å². The number of rotatable bonds is 4. The highest BCUT2D eigenvalue weighted by Gasteiger charge is 2.41. The summed E-state index contributed by atoms with van der Waals surface area (Å²) in [7, 11) is 1.61. The van der Waals surface area contributed by atoms with Crippen LogP contribution in [0.25, 0.3) is 0 Å². The molecule has 1 atom stereocenters. The minimum Gasteiger partial charge on any atom is -0.378 e. The zero-order chi connectivity index (χ0) is 18.8. The highest BCUT2D eigenvalue weighted by Crippen LogP contribution is 2.27. The van der Waals surface area contributed by atoms with Gasteiger partial charge in [0.2, 0.25) is 0 Å². The van der Waals surface area contributed by atoms with Crippen LogP contribution in [0.1, 0.15) is 39.2 Å². The summed E-state index contributed by atoms with van der Waals surface area (Å²) in [5.41, 5.74) is 0.564. The number of nitrogens with zero attached hydrogens (tertiary/aromatic N) is 4. The van der Waals surface area contributed by atoms with Crippen LogP contribution in [0.15, 0.2) is 6.07 Å². The maximum atomic E-state index is 12.9. The fourth-order valence-electron chi connectivity index (χ4n) is 2.75. The van der Waals surface area contributed by atoms with E-state index in [0.29, 0.717) is 38.6 Å². The molecule has 1 aliphatic heterocycles. The van der Waals surface area contributed by atoms with E-state index in [4.69, 9.17) is 4.74 Å². The number of hydrogen-bond donors (Lipinski definition) is 0. The molecule has 2 heterocycles. The fraction of sp³-hybridized carbons (Fsp3) is 0.765. The SMILES string of the molecule is COCc1cc(N2CCN(C(C)C(F)(F)F)CC2)nc(C(C)(C)C)n1. The number of aromatic nitrogens is 2. The monoisotopic (exact) mass is 360 g/mol. The topological polar surface area (TPSA) is 41.5 Å². The summed E-state index contributed by atoms with van der Waals surface area (Å²) in [5.74, 6) is 1.47. The van der Waals surface area contributed by atoms with Gasteiger partial charge in [0, 0.05) is 44.8 Å². The molecular formula is C17H27F3N4O. The van der Waals surface area contributed by atoms with E-state index in [2.05, 4.69) is 9.97 Å². The second kappa shape index (κ2) is 7.45. The van der Waals surface area contributed by atoms with Gasteiger partial charge in [-0.3, -0.25) is 4.90 Å². The Morgan fingerprint density at radius 2 is 1.72 bits per heavy atom. The average molecular weight is 360 g/mol. The third kappa shape index (κ3) is 5.04. The Morgan fingerprint density at radius 1 is 1.12 bits per heavy atom. The fourth-order valence-corrected chi connectivity index (χ4v) is 2.75. The number of methoxy groups -OCH3 is 1. The molecule has 0 spiro atoms. The lowest BCUT2D eigenvalue weighted by atomic mass is 9.95.